The summed E-state index contributed by atoms with van der Waals surface area (Å²) in [6, 6.07) is 8.65. The number of hydrazone groups is 1. The molecule has 0 amide bonds. The van der Waals surface area contributed by atoms with Crippen LogP contribution in [0.3, 0.4) is 0 Å². The van der Waals surface area contributed by atoms with Crippen LogP contribution in [0.1, 0.15) is 24.8 Å². The van der Waals surface area contributed by atoms with Crippen molar-refractivity contribution in [2.75, 3.05) is 25.5 Å². The highest BCUT2D eigenvalue weighted by atomic mass is 32.1. The summed E-state index contributed by atoms with van der Waals surface area (Å²) >= 11 is 1.74. The Kier molecular flexibility index (Phi) is 4.65. The summed E-state index contributed by atoms with van der Waals surface area (Å²) in [6.07, 6.45) is 3.83. The van der Waals surface area contributed by atoms with Crippen LogP contribution in [0.15, 0.2) is 34.7 Å². The number of amidine groups is 1. The van der Waals surface area contributed by atoms with E-state index >= 15 is 0 Å². The minimum absolute atomic E-state index is 0.318. The molecule has 0 saturated carbocycles. The van der Waals surface area contributed by atoms with Crippen molar-refractivity contribution in [3.8, 4) is 0 Å². The third-order valence-electron chi connectivity index (χ3n) is 5.26. The molecule has 1 aromatic carbocycles. The Morgan fingerprint density at radius 2 is 2.23 bits per heavy atom. The molecule has 0 aliphatic carbocycles. The minimum Gasteiger partial charge on any atom is -0.382 e. The first-order chi connectivity index (χ1) is 12.7. The topological polar surface area (TPSA) is 92.6 Å². The number of nitrogens with zero attached hydrogens (tertiary/aromatic N) is 3. The summed E-state index contributed by atoms with van der Waals surface area (Å²) in [7, 11) is 2.21. The van der Waals surface area contributed by atoms with Crippen molar-refractivity contribution in [3.05, 3.63) is 35.2 Å². The number of likely N-dealkylation sites (tertiary alicyclic amines) is 1. The highest BCUT2D eigenvalue weighted by molar-refractivity contribution is 7.18. The smallest absolute Gasteiger partial charge is 0.150 e. The molecule has 4 rings (SSSR count). The molecule has 6 nitrogen and oxygen atoms in total. The number of benzene rings is 1. The molecular weight excluding hydrogens is 344 g/mol. The average Bonchev–Trinajstić information content (AvgIpc) is 3.16. The quantitative estimate of drug-likeness (QED) is 0.285. The zero-order chi connectivity index (χ0) is 18.1. The second-order valence-electron chi connectivity index (χ2n) is 6.88. The molecule has 7 heteroatoms. The lowest BCUT2D eigenvalue weighted by Crippen LogP contribution is -2.40. The molecule has 2 aromatic heterocycles. The van der Waals surface area contributed by atoms with Crippen LogP contribution in [0.25, 0.3) is 21.0 Å². The number of anilines is 1. The summed E-state index contributed by atoms with van der Waals surface area (Å²) in [5.41, 5.74) is 7.57. The normalized spacial score (nSPS) is 19.3. The van der Waals surface area contributed by atoms with Gasteiger partial charge in [-0.05, 0) is 43.9 Å². The Morgan fingerprint density at radius 3 is 3.04 bits per heavy atom. The SMILES string of the molecule is CN1CCCCC1CNc1nc2cc(/C(N)=N/N)ccc2c2sccc12. The van der Waals surface area contributed by atoms with Gasteiger partial charge in [0, 0.05) is 33.6 Å². The fourth-order valence-electron chi connectivity index (χ4n) is 3.69. The van der Waals surface area contributed by atoms with Gasteiger partial charge >= 0.3 is 0 Å². The maximum Gasteiger partial charge on any atom is 0.150 e. The first-order valence-electron chi connectivity index (χ1n) is 8.96. The second kappa shape index (κ2) is 7.09. The zero-order valence-corrected chi connectivity index (χ0v) is 15.7. The van der Waals surface area contributed by atoms with E-state index in [-0.39, 0.29) is 0 Å². The van der Waals surface area contributed by atoms with Gasteiger partial charge in [0.05, 0.1) is 5.52 Å². The van der Waals surface area contributed by atoms with Crippen LogP contribution in [-0.2, 0) is 0 Å². The van der Waals surface area contributed by atoms with E-state index in [1.54, 1.807) is 11.3 Å². The molecule has 3 heterocycles. The number of piperidine rings is 1. The van der Waals surface area contributed by atoms with Crippen molar-refractivity contribution >= 4 is 44.0 Å². The molecule has 1 aliphatic rings. The zero-order valence-electron chi connectivity index (χ0n) is 14.9. The van der Waals surface area contributed by atoms with Crippen molar-refractivity contribution in [2.45, 2.75) is 25.3 Å². The van der Waals surface area contributed by atoms with E-state index in [4.69, 9.17) is 16.6 Å². The van der Waals surface area contributed by atoms with E-state index in [2.05, 4.69) is 33.8 Å². The lowest BCUT2D eigenvalue weighted by Gasteiger charge is -2.32. The Balaban J connectivity index is 1.71. The molecule has 1 unspecified atom stereocenters. The van der Waals surface area contributed by atoms with E-state index in [1.807, 2.05) is 18.2 Å². The number of hydrogen-bond acceptors (Lipinski definition) is 6. The molecule has 1 atom stereocenters. The Labute approximate surface area is 156 Å². The molecule has 0 bridgehead atoms. The predicted octanol–water partition coefficient (Wildman–Crippen LogP) is 2.92. The van der Waals surface area contributed by atoms with Gasteiger partial charge in [0.2, 0.25) is 0 Å². The number of nitrogens with one attached hydrogen (secondary N) is 1. The lowest BCUT2D eigenvalue weighted by molar-refractivity contribution is 0.194. The van der Waals surface area contributed by atoms with E-state index in [0.29, 0.717) is 11.9 Å². The molecule has 5 N–H and O–H groups in total. The molecule has 1 aliphatic heterocycles. The van der Waals surface area contributed by atoms with Gasteiger partial charge in [0.15, 0.2) is 0 Å². The number of likely N-dealkylation sites (N-methyl/N-ethyl adjacent to an activating group) is 1. The van der Waals surface area contributed by atoms with Crippen molar-refractivity contribution < 1.29 is 0 Å². The van der Waals surface area contributed by atoms with Gasteiger partial charge in [-0.15, -0.1) is 11.3 Å². The fraction of sp³-hybridized carbons (Fsp3) is 0.368. The van der Waals surface area contributed by atoms with Crippen LogP contribution in [-0.4, -0.2) is 41.9 Å². The number of thiophene rings is 1. The molecule has 1 saturated heterocycles. The van der Waals surface area contributed by atoms with Crippen molar-refractivity contribution in [2.24, 2.45) is 16.7 Å². The van der Waals surface area contributed by atoms with Crippen LogP contribution < -0.4 is 16.9 Å². The predicted molar refractivity (Wildman–Crippen MR) is 111 cm³/mol. The van der Waals surface area contributed by atoms with Gasteiger partial charge in [-0.1, -0.05) is 18.6 Å². The monoisotopic (exact) mass is 368 g/mol. The minimum atomic E-state index is 0.318. The van der Waals surface area contributed by atoms with Crippen molar-refractivity contribution in [3.63, 3.8) is 0 Å². The maximum absolute atomic E-state index is 5.87. The first-order valence-corrected chi connectivity index (χ1v) is 9.84. The summed E-state index contributed by atoms with van der Waals surface area (Å²) < 4.78 is 1.24. The highest BCUT2D eigenvalue weighted by Gasteiger charge is 2.19. The summed E-state index contributed by atoms with van der Waals surface area (Å²) in [5.74, 6) is 6.58. The number of aromatic nitrogens is 1. The summed E-state index contributed by atoms with van der Waals surface area (Å²) in [5, 5.41) is 11.6. The molecular formula is C19H24N6S. The second-order valence-corrected chi connectivity index (χ2v) is 7.80. The summed E-state index contributed by atoms with van der Waals surface area (Å²) in [6.45, 7) is 2.08. The first kappa shape index (κ1) is 17.1. The molecule has 26 heavy (non-hydrogen) atoms. The van der Waals surface area contributed by atoms with Gasteiger partial charge in [-0.3, -0.25) is 0 Å². The number of pyridine rings is 1. The standard InChI is InChI=1S/C19H24N6S/c1-25-8-3-2-4-13(25)11-22-19-15-7-9-26-17(15)14-6-5-12(18(20)24-21)10-16(14)23-19/h5-7,9-10,13H,2-4,8,11,21H2,1H3,(H2,20,24)(H,22,23). The Bertz CT molecular complexity index is 963. The maximum atomic E-state index is 5.87. The van der Waals surface area contributed by atoms with Crippen molar-refractivity contribution in [1.29, 1.82) is 0 Å². The van der Waals surface area contributed by atoms with E-state index in [0.717, 1.165) is 28.8 Å². The third-order valence-corrected chi connectivity index (χ3v) is 6.20. The van der Waals surface area contributed by atoms with Crippen LogP contribution in [0.5, 0.6) is 0 Å². The Morgan fingerprint density at radius 1 is 1.35 bits per heavy atom. The summed E-state index contributed by atoms with van der Waals surface area (Å²) in [4.78, 5) is 7.33. The van der Waals surface area contributed by atoms with E-state index in [9.17, 15) is 0 Å². The van der Waals surface area contributed by atoms with Crippen LogP contribution in [0.4, 0.5) is 5.82 Å². The third kappa shape index (κ3) is 3.08. The van der Waals surface area contributed by atoms with Gasteiger partial charge < -0.3 is 21.8 Å². The molecule has 0 radical (unpaired) electrons. The van der Waals surface area contributed by atoms with Crippen LogP contribution >= 0.6 is 11.3 Å². The number of fused-ring (bicyclic) bond motifs is 3. The fourth-order valence-corrected chi connectivity index (χ4v) is 4.62. The van der Waals surface area contributed by atoms with Crippen LogP contribution in [0, 0.1) is 0 Å². The van der Waals surface area contributed by atoms with E-state index < -0.39 is 0 Å². The number of hydrogen-bond donors (Lipinski definition) is 3. The number of rotatable bonds is 4. The van der Waals surface area contributed by atoms with Crippen LogP contribution in [0.2, 0.25) is 0 Å². The highest BCUT2D eigenvalue weighted by Crippen LogP contribution is 2.34. The molecule has 136 valence electrons. The number of nitrogens with two attached hydrogens (primary N) is 2. The van der Waals surface area contributed by atoms with Gasteiger partial charge in [0.1, 0.15) is 11.7 Å². The lowest BCUT2D eigenvalue weighted by atomic mass is 10.0. The molecule has 1 fully saturated rings. The molecule has 0 spiro atoms. The largest absolute Gasteiger partial charge is 0.382 e. The van der Waals surface area contributed by atoms with Gasteiger partial charge in [-0.2, -0.15) is 5.10 Å². The van der Waals surface area contributed by atoms with Gasteiger partial charge in [0.25, 0.3) is 0 Å². The average molecular weight is 369 g/mol. The van der Waals surface area contributed by atoms with Gasteiger partial charge in [-0.25, -0.2) is 4.98 Å². The van der Waals surface area contributed by atoms with E-state index in [1.165, 1.54) is 35.9 Å². The molecule has 3 aromatic rings. The Hall–Kier alpha value is -2.38. The van der Waals surface area contributed by atoms with Crippen molar-refractivity contribution in [1.82, 2.24) is 9.88 Å².